The monoisotopic (exact) mass is 920 g/mol. The van der Waals surface area contributed by atoms with Crippen LogP contribution in [0.1, 0.15) is 127 Å². The Bertz CT molecular complexity index is 2860. The first kappa shape index (κ1) is 45.4. The number of benzene rings is 2. The molecule has 3 N–H and O–H groups in total. The number of hydrogen-bond donors (Lipinski definition) is 3. The lowest BCUT2D eigenvalue weighted by molar-refractivity contribution is -0.136. The average Bonchev–Trinajstić information content (AvgIpc) is 3.98. The van der Waals surface area contributed by atoms with Crippen molar-refractivity contribution in [1.29, 1.82) is 0 Å². The Labute approximate surface area is 395 Å². The fourth-order valence-corrected chi connectivity index (χ4v) is 11.3. The number of carbonyl (C=O) groups excluding carboxylic acids is 4. The van der Waals surface area contributed by atoms with Crippen molar-refractivity contribution < 1.29 is 24.3 Å². The summed E-state index contributed by atoms with van der Waals surface area (Å²) in [6.07, 6.45) is 9.08. The maximum absolute atomic E-state index is 13.6. The van der Waals surface area contributed by atoms with E-state index in [1.807, 2.05) is 24.4 Å². The Hall–Kier alpha value is -6.36. The maximum atomic E-state index is 13.6. The van der Waals surface area contributed by atoms with Gasteiger partial charge in [-0.05, 0) is 106 Å². The lowest BCUT2D eigenvalue weighted by Crippen LogP contribution is -2.53. The van der Waals surface area contributed by atoms with Gasteiger partial charge in [-0.2, -0.15) is 4.98 Å². The summed E-state index contributed by atoms with van der Waals surface area (Å²) in [4.78, 5) is 86.5. The number of fused-ring (bicyclic) bond motifs is 2. The molecule has 10 rings (SSSR count). The van der Waals surface area contributed by atoms with Crippen LogP contribution in [0.3, 0.4) is 0 Å². The van der Waals surface area contributed by atoms with Crippen molar-refractivity contribution in [2.24, 2.45) is 0 Å². The highest BCUT2D eigenvalue weighted by Crippen LogP contribution is 2.38. The Morgan fingerprint density at radius 1 is 0.897 bits per heavy atom. The number of piperazine rings is 1. The van der Waals surface area contributed by atoms with Crippen LogP contribution in [0.5, 0.6) is 0 Å². The molecule has 2 aromatic carbocycles. The van der Waals surface area contributed by atoms with Gasteiger partial charge < -0.3 is 20.2 Å². The number of aliphatic hydroxyl groups is 1. The van der Waals surface area contributed by atoms with Gasteiger partial charge in [-0.25, -0.2) is 9.97 Å². The number of hydrogen-bond acceptors (Lipinski definition) is 13. The third kappa shape index (κ3) is 8.47. The molecule has 4 aliphatic heterocycles. The van der Waals surface area contributed by atoms with Gasteiger partial charge in [-0.1, -0.05) is 49.2 Å². The van der Waals surface area contributed by atoms with Gasteiger partial charge in [-0.3, -0.25) is 43.7 Å². The number of rotatable bonds is 11. The molecule has 0 spiro atoms. The average molecular weight is 921 g/mol. The number of amides is 3. The zero-order chi connectivity index (χ0) is 47.5. The molecular formula is C52H60N10O6. The van der Waals surface area contributed by atoms with Crippen LogP contribution in [0, 0.1) is 6.92 Å². The van der Waals surface area contributed by atoms with Gasteiger partial charge in [0.2, 0.25) is 17.8 Å². The minimum atomic E-state index is -1.01. The quantitative estimate of drug-likeness (QED) is 0.106. The fraction of sp³-hybridized carbons (Fsp3) is 0.462. The molecule has 3 saturated heterocycles. The van der Waals surface area contributed by atoms with E-state index in [0.717, 1.165) is 88.3 Å². The first-order valence-electron chi connectivity index (χ1n) is 24.1. The molecule has 3 aromatic heterocycles. The number of nitrogens with zero attached hydrogens (tertiary/aromatic N) is 8. The van der Waals surface area contributed by atoms with Crippen molar-refractivity contribution in [2.45, 2.75) is 115 Å². The van der Waals surface area contributed by atoms with Gasteiger partial charge in [0.1, 0.15) is 17.5 Å². The SMILES string of the molecule is CC(=O)c1c(C)c2cnc(Nc3ccc(N4CCN(C(C)(C)c5ccc(CN6CCC(O)(c7ccc8c(c7)CN(C7CCC(=O)NC7=O)C8=O)CC6)cc5)CC4)cn3)nc2n(C2CCCC2)c1=O. The molecule has 16 heteroatoms. The van der Waals surface area contributed by atoms with Gasteiger partial charge >= 0.3 is 0 Å². The molecule has 5 aromatic rings. The Morgan fingerprint density at radius 2 is 1.63 bits per heavy atom. The molecule has 16 nitrogen and oxygen atoms in total. The molecule has 0 bridgehead atoms. The lowest BCUT2D eigenvalue weighted by atomic mass is 9.83. The van der Waals surface area contributed by atoms with Crippen LogP contribution >= 0.6 is 0 Å². The number of carbonyl (C=O) groups is 4. The number of nitrogens with one attached hydrogen (secondary N) is 2. The van der Waals surface area contributed by atoms with E-state index < -0.39 is 17.6 Å². The number of piperidine rings is 2. The summed E-state index contributed by atoms with van der Waals surface area (Å²) in [5.41, 5.74) is 5.60. The highest BCUT2D eigenvalue weighted by Gasteiger charge is 2.41. The minimum Gasteiger partial charge on any atom is -0.385 e. The Kier molecular flexibility index (Phi) is 12.0. The molecule has 1 unspecified atom stereocenters. The van der Waals surface area contributed by atoms with Gasteiger partial charge in [0.25, 0.3) is 11.5 Å². The third-order valence-electron chi connectivity index (χ3n) is 15.5. The largest absolute Gasteiger partial charge is 0.385 e. The van der Waals surface area contributed by atoms with E-state index >= 15 is 0 Å². The minimum absolute atomic E-state index is 0.00523. The van der Waals surface area contributed by atoms with E-state index in [4.69, 9.17) is 9.97 Å². The second-order valence-electron chi connectivity index (χ2n) is 19.9. The van der Waals surface area contributed by atoms with Crippen LogP contribution in [0.2, 0.25) is 0 Å². The van der Waals surface area contributed by atoms with Crippen molar-refractivity contribution in [2.75, 3.05) is 49.5 Å². The topological polar surface area (TPSA) is 186 Å². The van der Waals surface area contributed by atoms with Crippen molar-refractivity contribution >= 4 is 52.0 Å². The highest BCUT2D eigenvalue weighted by molar-refractivity contribution is 6.05. The van der Waals surface area contributed by atoms with Crippen molar-refractivity contribution in [3.05, 3.63) is 116 Å². The molecule has 1 atom stereocenters. The molecule has 7 heterocycles. The van der Waals surface area contributed by atoms with Crippen LogP contribution < -0.4 is 21.1 Å². The van der Waals surface area contributed by atoms with Gasteiger partial charge in [0.15, 0.2) is 5.78 Å². The third-order valence-corrected chi connectivity index (χ3v) is 15.5. The molecule has 1 aliphatic carbocycles. The second-order valence-corrected chi connectivity index (χ2v) is 19.9. The molecule has 4 fully saturated rings. The number of pyridine rings is 2. The number of aromatic nitrogens is 4. The Morgan fingerprint density at radius 3 is 2.31 bits per heavy atom. The van der Waals surface area contributed by atoms with E-state index in [1.54, 1.807) is 28.7 Å². The summed E-state index contributed by atoms with van der Waals surface area (Å²) in [7, 11) is 0. The van der Waals surface area contributed by atoms with E-state index in [1.165, 1.54) is 18.1 Å². The van der Waals surface area contributed by atoms with Gasteiger partial charge in [-0.15, -0.1) is 0 Å². The number of anilines is 3. The summed E-state index contributed by atoms with van der Waals surface area (Å²) in [5, 5.41) is 18.1. The van der Waals surface area contributed by atoms with Crippen LogP contribution in [0.15, 0.2) is 71.8 Å². The summed E-state index contributed by atoms with van der Waals surface area (Å²) in [6, 6.07) is 17.8. The standard InChI is InChI=1S/C52H60N10O6/c1-32-41-29-54-50(57-46(41)62(38-7-5-6-8-38)49(67)45(32)33(2)63)55-43-17-14-39(28-53-43)59-23-25-60(26-24-59)51(3,4)36-11-9-34(10-12-36)30-58-21-19-52(68,20-22-58)37-13-15-40-35(27-37)31-61(48(40)66)42-16-18-44(64)56-47(42)65/h9-15,17,27-29,38,42,68H,5-8,16,18-26,30-31H2,1-4H3,(H,56,64,65)(H,53,54,55,57). The predicted octanol–water partition coefficient (Wildman–Crippen LogP) is 5.86. The molecule has 1 saturated carbocycles. The number of aryl methyl sites for hydroxylation is 1. The number of imide groups is 1. The predicted molar refractivity (Wildman–Crippen MR) is 258 cm³/mol. The van der Waals surface area contributed by atoms with Crippen molar-refractivity contribution in [3.63, 3.8) is 0 Å². The normalized spacial score (nSPS) is 20.5. The molecule has 0 radical (unpaired) electrons. The molecular weight excluding hydrogens is 861 g/mol. The molecule has 3 amide bonds. The summed E-state index contributed by atoms with van der Waals surface area (Å²) < 4.78 is 1.72. The van der Waals surface area contributed by atoms with Crippen molar-refractivity contribution in [3.8, 4) is 0 Å². The molecule has 354 valence electrons. The number of ketones is 1. The van der Waals surface area contributed by atoms with E-state index in [0.29, 0.717) is 53.2 Å². The molecule has 5 aliphatic rings. The second kappa shape index (κ2) is 17.9. The summed E-state index contributed by atoms with van der Waals surface area (Å²) in [5.74, 6) is -0.244. The van der Waals surface area contributed by atoms with E-state index in [2.05, 4.69) is 74.5 Å². The van der Waals surface area contributed by atoms with Crippen molar-refractivity contribution in [1.82, 2.24) is 39.5 Å². The number of likely N-dealkylation sites (tertiary alicyclic amines) is 1. The van der Waals surface area contributed by atoms with E-state index in [-0.39, 0.29) is 53.3 Å². The smallest absolute Gasteiger partial charge is 0.263 e. The summed E-state index contributed by atoms with van der Waals surface area (Å²) in [6.45, 7) is 13.9. The fourth-order valence-electron chi connectivity index (χ4n) is 11.3. The van der Waals surface area contributed by atoms with E-state index in [9.17, 15) is 29.1 Å². The zero-order valence-corrected chi connectivity index (χ0v) is 39.4. The highest BCUT2D eigenvalue weighted by atomic mass is 16.3. The summed E-state index contributed by atoms with van der Waals surface area (Å²) >= 11 is 0. The van der Waals surface area contributed by atoms with Crippen LogP contribution in [-0.2, 0) is 33.8 Å². The first-order valence-corrected chi connectivity index (χ1v) is 24.1. The Balaban J connectivity index is 0.718. The van der Waals surface area contributed by atoms with Gasteiger partial charge in [0.05, 0.1) is 23.0 Å². The van der Waals surface area contributed by atoms with Gasteiger partial charge in [0, 0.05) is 87.5 Å². The van der Waals surface area contributed by atoms with Crippen LogP contribution in [-0.4, -0.2) is 108 Å². The maximum Gasteiger partial charge on any atom is 0.263 e. The first-order chi connectivity index (χ1) is 32.7. The number of Topliss-reactive ketones (excluding diaryl/α,β-unsaturated/α-hetero) is 1. The zero-order valence-electron chi connectivity index (χ0n) is 39.4. The van der Waals surface area contributed by atoms with Crippen LogP contribution in [0.4, 0.5) is 17.5 Å². The lowest BCUT2D eigenvalue weighted by Gasteiger charge is -2.45. The van der Waals surface area contributed by atoms with Crippen LogP contribution in [0.25, 0.3) is 11.0 Å². The molecule has 68 heavy (non-hydrogen) atoms.